The first kappa shape index (κ1) is 15.3. The molecule has 0 heterocycles. The zero-order chi connectivity index (χ0) is 15.7. The molecule has 2 aromatic rings. The van der Waals surface area contributed by atoms with Crippen molar-refractivity contribution in [3.63, 3.8) is 0 Å². The van der Waals surface area contributed by atoms with Crippen molar-refractivity contribution < 1.29 is 0 Å². The molecule has 2 aromatic carbocycles. The molecular weight excluding hydrogens is 266 g/mol. The molecule has 22 heavy (non-hydrogen) atoms. The molecule has 3 rings (SSSR count). The number of fused-ring (bicyclic) bond motifs is 1. The van der Waals surface area contributed by atoms with Crippen LogP contribution in [0.4, 0.5) is 0 Å². The molecule has 0 saturated heterocycles. The van der Waals surface area contributed by atoms with Crippen LogP contribution in [0.15, 0.2) is 42.5 Å². The summed E-state index contributed by atoms with van der Waals surface area (Å²) < 4.78 is 0. The number of hydrogen-bond donors (Lipinski definition) is 0. The van der Waals surface area contributed by atoms with E-state index in [9.17, 15) is 0 Å². The molecule has 1 aliphatic rings. The van der Waals surface area contributed by atoms with E-state index in [1.807, 2.05) is 0 Å². The Labute approximate surface area is 135 Å². The topological polar surface area (TPSA) is 3.24 Å². The van der Waals surface area contributed by atoms with Crippen molar-refractivity contribution >= 4 is 0 Å². The van der Waals surface area contributed by atoms with Crippen LogP contribution in [0.2, 0.25) is 0 Å². The number of aryl methyl sites for hydroxylation is 1. The third-order valence-corrected chi connectivity index (χ3v) is 4.97. The van der Waals surface area contributed by atoms with Crippen LogP contribution in [0.5, 0.6) is 0 Å². The average Bonchev–Trinajstić information content (AvgIpc) is 2.81. The van der Waals surface area contributed by atoms with Gasteiger partial charge in [0.2, 0.25) is 0 Å². The smallest absolute Gasteiger partial charge is 0.00190 e. The highest BCUT2D eigenvalue weighted by Gasteiger charge is 2.28. The fourth-order valence-corrected chi connectivity index (χ4v) is 3.75. The van der Waals surface area contributed by atoms with E-state index in [0.29, 0.717) is 5.92 Å². The number of benzene rings is 2. The zero-order valence-electron chi connectivity index (χ0n) is 14.3. The van der Waals surface area contributed by atoms with Crippen molar-refractivity contribution in [3.05, 3.63) is 59.2 Å². The fraction of sp³-hybridized carbons (Fsp3) is 0.429. The Hall–Kier alpha value is -1.60. The highest BCUT2D eigenvalue weighted by Crippen LogP contribution is 2.44. The largest absolute Gasteiger partial charge is 0.309 e. The quantitative estimate of drug-likeness (QED) is 0.748. The summed E-state index contributed by atoms with van der Waals surface area (Å²) in [6, 6.07) is 16.0. The van der Waals surface area contributed by atoms with Crippen molar-refractivity contribution in [3.8, 4) is 11.1 Å². The molecule has 0 spiro atoms. The summed E-state index contributed by atoms with van der Waals surface area (Å²) >= 11 is 0. The van der Waals surface area contributed by atoms with Gasteiger partial charge in [0.05, 0.1) is 0 Å². The van der Waals surface area contributed by atoms with Gasteiger partial charge in [-0.25, -0.2) is 0 Å². The van der Waals surface area contributed by atoms with E-state index in [4.69, 9.17) is 0 Å². The molecule has 1 aliphatic carbocycles. The molecule has 0 fully saturated rings. The van der Waals surface area contributed by atoms with Crippen molar-refractivity contribution in [2.75, 3.05) is 20.6 Å². The minimum absolute atomic E-state index is 0.687. The van der Waals surface area contributed by atoms with E-state index >= 15 is 0 Å². The normalized spacial score (nSPS) is 20.4. The second kappa shape index (κ2) is 6.26. The molecule has 0 bridgehead atoms. The van der Waals surface area contributed by atoms with E-state index in [0.717, 1.165) is 5.92 Å². The summed E-state index contributed by atoms with van der Waals surface area (Å²) in [4.78, 5) is 2.30. The van der Waals surface area contributed by atoms with Crippen LogP contribution in [0.3, 0.4) is 0 Å². The molecular formula is C21H27N. The Morgan fingerprint density at radius 1 is 1.00 bits per heavy atom. The summed E-state index contributed by atoms with van der Waals surface area (Å²) in [6.45, 7) is 5.72. The monoisotopic (exact) mass is 293 g/mol. The van der Waals surface area contributed by atoms with Gasteiger partial charge in [0.1, 0.15) is 0 Å². The second-order valence-electron chi connectivity index (χ2n) is 7.14. The van der Waals surface area contributed by atoms with Gasteiger partial charge in [0.15, 0.2) is 0 Å². The standard InChI is InChI=1S/C21H27N/c1-15-6-5-7-17(12-15)18-8-9-20-19(10-11-22(3)4)13-16(2)21(20)14-18/h5-9,12,14,16,19H,10-11,13H2,1-4H3/t16-,19-/m1/s1. The maximum Gasteiger partial charge on any atom is -0.00190 e. The van der Waals surface area contributed by atoms with Crippen LogP contribution in [0.1, 0.15) is 48.3 Å². The van der Waals surface area contributed by atoms with Gasteiger partial charge >= 0.3 is 0 Å². The van der Waals surface area contributed by atoms with Crippen LogP contribution < -0.4 is 0 Å². The van der Waals surface area contributed by atoms with Crippen LogP contribution >= 0.6 is 0 Å². The van der Waals surface area contributed by atoms with Crippen LogP contribution in [0, 0.1) is 6.92 Å². The van der Waals surface area contributed by atoms with E-state index < -0.39 is 0 Å². The summed E-state index contributed by atoms with van der Waals surface area (Å²) in [7, 11) is 4.33. The number of hydrogen-bond acceptors (Lipinski definition) is 1. The van der Waals surface area contributed by atoms with Gasteiger partial charge in [0, 0.05) is 0 Å². The highest BCUT2D eigenvalue weighted by atomic mass is 15.0. The van der Waals surface area contributed by atoms with E-state index in [-0.39, 0.29) is 0 Å². The molecule has 0 N–H and O–H groups in total. The molecule has 1 nitrogen and oxygen atoms in total. The van der Waals surface area contributed by atoms with Crippen LogP contribution in [-0.2, 0) is 0 Å². The van der Waals surface area contributed by atoms with Crippen LogP contribution in [-0.4, -0.2) is 25.5 Å². The van der Waals surface area contributed by atoms with Gasteiger partial charge in [-0.1, -0.05) is 55.0 Å². The minimum atomic E-state index is 0.687. The van der Waals surface area contributed by atoms with E-state index in [2.05, 4.69) is 75.3 Å². The van der Waals surface area contributed by atoms with Gasteiger partial charge in [-0.3, -0.25) is 0 Å². The lowest BCUT2D eigenvalue weighted by molar-refractivity contribution is 0.377. The first-order chi connectivity index (χ1) is 10.5. The summed E-state index contributed by atoms with van der Waals surface area (Å²) in [5.41, 5.74) is 7.19. The lowest BCUT2D eigenvalue weighted by Crippen LogP contribution is -2.15. The highest BCUT2D eigenvalue weighted by molar-refractivity contribution is 5.66. The molecule has 1 heteroatoms. The van der Waals surface area contributed by atoms with Gasteiger partial charge < -0.3 is 4.90 Å². The van der Waals surface area contributed by atoms with Gasteiger partial charge in [-0.15, -0.1) is 0 Å². The Kier molecular flexibility index (Phi) is 4.35. The summed E-state index contributed by atoms with van der Waals surface area (Å²) in [6.07, 6.45) is 2.58. The molecule has 0 aliphatic heterocycles. The van der Waals surface area contributed by atoms with Gasteiger partial charge in [-0.05, 0) is 74.5 Å². The lowest BCUT2D eigenvalue weighted by atomic mass is 9.94. The van der Waals surface area contributed by atoms with Crippen LogP contribution in [0.25, 0.3) is 11.1 Å². The van der Waals surface area contributed by atoms with Crippen molar-refractivity contribution in [1.29, 1.82) is 0 Å². The van der Waals surface area contributed by atoms with Gasteiger partial charge in [-0.2, -0.15) is 0 Å². The Morgan fingerprint density at radius 3 is 2.50 bits per heavy atom. The lowest BCUT2D eigenvalue weighted by Gasteiger charge is -2.15. The fourth-order valence-electron chi connectivity index (χ4n) is 3.75. The summed E-state index contributed by atoms with van der Waals surface area (Å²) in [5, 5.41) is 0. The van der Waals surface area contributed by atoms with Gasteiger partial charge in [0.25, 0.3) is 0 Å². The first-order valence-electron chi connectivity index (χ1n) is 8.40. The van der Waals surface area contributed by atoms with Crippen molar-refractivity contribution in [2.24, 2.45) is 0 Å². The molecule has 0 amide bonds. The molecule has 116 valence electrons. The minimum Gasteiger partial charge on any atom is -0.309 e. The molecule has 0 aromatic heterocycles. The molecule has 0 radical (unpaired) electrons. The molecule has 0 saturated carbocycles. The molecule has 2 atom stereocenters. The number of rotatable bonds is 4. The van der Waals surface area contributed by atoms with Crippen molar-refractivity contribution in [1.82, 2.24) is 4.90 Å². The Bertz CT molecular complexity index is 657. The first-order valence-corrected chi connectivity index (χ1v) is 8.40. The van der Waals surface area contributed by atoms with Crippen molar-refractivity contribution in [2.45, 2.75) is 38.5 Å². The predicted molar refractivity (Wildman–Crippen MR) is 95.6 cm³/mol. The third kappa shape index (κ3) is 3.10. The Balaban J connectivity index is 1.89. The maximum atomic E-state index is 2.43. The maximum absolute atomic E-state index is 2.43. The summed E-state index contributed by atoms with van der Waals surface area (Å²) in [5.74, 6) is 1.42. The van der Waals surface area contributed by atoms with E-state index in [1.165, 1.54) is 36.1 Å². The zero-order valence-corrected chi connectivity index (χ0v) is 14.3. The SMILES string of the molecule is Cc1cccc(-c2ccc3c(c2)[C@H](C)C[C@H]3CCN(C)C)c1. The predicted octanol–water partition coefficient (Wildman–Crippen LogP) is 5.20. The average molecular weight is 293 g/mol. The van der Waals surface area contributed by atoms with E-state index in [1.54, 1.807) is 11.1 Å². The Morgan fingerprint density at radius 2 is 1.77 bits per heavy atom. The molecule has 0 unspecified atom stereocenters. The second-order valence-corrected chi connectivity index (χ2v) is 7.14. The number of nitrogens with zero attached hydrogens (tertiary/aromatic N) is 1. The third-order valence-electron chi connectivity index (χ3n) is 4.97.